The monoisotopic (exact) mass is 309 g/mol. The van der Waals surface area contributed by atoms with Crippen molar-refractivity contribution in [2.75, 3.05) is 12.4 Å². The molecule has 1 aromatic carbocycles. The maximum atomic E-state index is 12.0. The molecule has 1 aromatic heterocycles. The summed E-state index contributed by atoms with van der Waals surface area (Å²) in [6.45, 7) is -0.0570. The second kappa shape index (κ2) is 6.27. The number of esters is 1. The molecule has 0 radical (unpaired) electrons. The number of nitrogens with one attached hydrogen (secondary N) is 1. The molecule has 1 heterocycles. The smallest absolute Gasteiger partial charge is 0.327 e. The standard InChI is InChI=1S/C13H12ClN3O4/c1-21-12(19)7-17-6-9(5-15-17)16-13(20)10-3-2-8(14)4-11(10)18/h2-6,18H,7H2,1H3,(H,16,20). The van der Waals surface area contributed by atoms with E-state index in [-0.39, 0.29) is 17.9 Å². The summed E-state index contributed by atoms with van der Waals surface area (Å²) in [7, 11) is 1.28. The first-order chi connectivity index (χ1) is 9.99. The van der Waals surface area contributed by atoms with Crippen LogP contribution in [0.2, 0.25) is 5.02 Å². The SMILES string of the molecule is COC(=O)Cn1cc(NC(=O)c2ccc(Cl)cc2O)cn1. The Kier molecular flexibility index (Phi) is 4.44. The molecule has 0 aliphatic carbocycles. The first-order valence-electron chi connectivity index (χ1n) is 5.88. The highest BCUT2D eigenvalue weighted by Crippen LogP contribution is 2.22. The maximum Gasteiger partial charge on any atom is 0.327 e. The van der Waals surface area contributed by atoms with Crippen molar-refractivity contribution in [3.8, 4) is 5.75 Å². The number of aromatic hydroxyl groups is 1. The van der Waals surface area contributed by atoms with Crippen molar-refractivity contribution in [3.05, 3.63) is 41.2 Å². The lowest BCUT2D eigenvalue weighted by molar-refractivity contribution is -0.141. The number of hydrogen-bond donors (Lipinski definition) is 2. The molecular formula is C13H12ClN3O4. The number of benzene rings is 1. The van der Waals surface area contributed by atoms with E-state index in [0.29, 0.717) is 10.7 Å². The van der Waals surface area contributed by atoms with Crippen molar-refractivity contribution < 1.29 is 19.4 Å². The molecule has 0 fully saturated rings. The molecule has 0 aliphatic rings. The zero-order chi connectivity index (χ0) is 15.4. The number of aromatic nitrogens is 2. The molecule has 0 saturated heterocycles. The van der Waals surface area contributed by atoms with Crippen LogP contribution in [0.1, 0.15) is 10.4 Å². The highest BCUT2D eigenvalue weighted by atomic mass is 35.5. The summed E-state index contributed by atoms with van der Waals surface area (Å²) >= 11 is 5.70. The molecule has 1 amide bonds. The van der Waals surface area contributed by atoms with E-state index in [1.165, 1.54) is 42.4 Å². The number of phenolic OH excluding ortho intramolecular Hbond substituents is 1. The summed E-state index contributed by atoms with van der Waals surface area (Å²) < 4.78 is 5.83. The van der Waals surface area contributed by atoms with Gasteiger partial charge in [0.15, 0.2) is 0 Å². The van der Waals surface area contributed by atoms with E-state index < -0.39 is 11.9 Å². The van der Waals surface area contributed by atoms with Crippen molar-refractivity contribution in [1.29, 1.82) is 0 Å². The second-order valence-electron chi connectivity index (χ2n) is 4.12. The maximum absolute atomic E-state index is 12.0. The van der Waals surface area contributed by atoms with Gasteiger partial charge in [0, 0.05) is 11.2 Å². The molecule has 7 nitrogen and oxygen atoms in total. The Morgan fingerprint density at radius 1 is 1.48 bits per heavy atom. The predicted molar refractivity (Wildman–Crippen MR) is 75.3 cm³/mol. The second-order valence-corrected chi connectivity index (χ2v) is 4.55. The highest BCUT2D eigenvalue weighted by molar-refractivity contribution is 6.30. The topological polar surface area (TPSA) is 93.5 Å². The van der Waals surface area contributed by atoms with Crippen LogP contribution < -0.4 is 5.32 Å². The fourth-order valence-corrected chi connectivity index (χ4v) is 1.77. The van der Waals surface area contributed by atoms with Gasteiger partial charge in [0.1, 0.15) is 12.3 Å². The van der Waals surface area contributed by atoms with Gasteiger partial charge in [-0.2, -0.15) is 5.10 Å². The molecule has 21 heavy (non-hydrogen) atoms. The predicted octanol–water partition coefficient (Wildman–Crippen LogP) is 1.67. The van der Waals surface area contributed by atoms with Crippen molar-refractivity contribution in [1.82, 2.24) is 9.78 Å². The average molecular weight is 310 g/mol. The van der Waals surface area contributed by atoms with E-state index in [9.17, 15) is 14.7 Å². The number of halogens is 1. The van der Waals surface area contributed by atoms with Gasteiger partial charge in [-0.15, -0.1) is 0 Å². The molecule has 110 valence electrons. The molecule has 2 N–H and O–H groups in total. The molecule has 2 aromatic rings. The lowest BCUT2D eigenvalue weighted by atomic mass is 10.2. The number of carbonyl (C=O) groups is 2. The van der Waals surface area contributed by atoms with Crippen LogP contribution in [0.15, 0.2) is 30.6 Å². The quantitative estimate of drug-likeness (QED) is 0.838. The Morgan fingerprint density at radius 3 is 2.90 bits per heavy atom. The first-order valence-corrected chi connectivity index (χ1v) is 6.26. The highest BCUT2D eigenvalue weighted by Gasteiger charge is 2.13. The minimum atomic E-state index is -0.512. The molecule has 8 heteroatoms. The number of phenols is 1. The molecular weight excluding hydrogens is 298 g/mol. The summed E-state index contributed by atoms with van der Waals surface area (Å²) in [6, 6.07) is 4.18. The third-order valence-electron chi connectivity index (χ3n) is 2.61. The molecule has 0 aliphatic heterocycles. The molecule has 0 unspecified atom stereocenters. The van der Waals surface area contributed by atoms with Crippen molar-refractivity contribution in [3.63, 3.8) is 0 Å². The number of amides is 1. The van der Waals surface area contributed by atoms with Crippen LogP contribution in [0, 0.1) is 0 Å². The minimum absolute atomic E-state index is 0.0570. The number of anilines is 1. The van der Waals surface area contributed by atoms with Crippen LogP contribution in [0.4, 0.5) is 5.69 Å². The van der Waals surface area contributed by atoms with Gasteiger partial charge in [0.25, 0.3) is 5.91 Å². The van der Waals surface area contributed by atoms with Gasteiger partial charge in [-0.3, -0.25) is 14.3 Å². The van der Waals surface area contributed by atoms with Crippen LogP contribution in [-0.4, -0.2) is 33.9 Å². The van der Waals surface area contributed by atoms with E-state index >= 15 is 0 Å². The first kappa shape index (κ1) is 14.9. The van der Waals surface area contributed by atoms with E-state index in [2.05, 4.69) is 15.2 Å². The van der Waals surface area contributed by atoms with Gasteiger partial charge in [-0.25, -0.2) is 0 Å². The Balaban J connectivity index is 2.07. The number of hydrogen-bond acceptors (Lipinski definition) is 5. The molecule has 2 rings (SSSR count). The third-order valence-corrected chi connectivity index (χ3v) is 2.85. The summed E-state index contributed by atoms with van der Waals surface area (Å²) in [5.41, 5.74) is 0.471. The van der Waals surface area contributed by atoms with Crippen LogP contribution in [0.3, 0.4) is 0 Å². The van der Waals surface area contributed by atoms with Gasteiger partial charge < -0.3 is 15.2 Å². The molecule has 0 bridgehead atoms. The van der Waals surface area contributed by atoms with Crippen molar-refractivity contribution >= 4 is 29.2 Å². The number of methoxy groups -OCH3 is 1. The largest absolute Gasteiger partial charge is 0.507 e. The zero-order valence-electron chi connectivity index (χ0n) is 11.0. The summed E-state index contributed by atoms with van der Waals surface area (Å²) in [5.74, 6) is -1.19. The lowest BCUT2D eigenvalue weighted by Crippen LogP contribution is -2.13. The number of ether oxygens (including phenoxy) is 1. The lowest BCUT2D eigenvalue weighted by Gasteiger charge is -2.05. The van der Waals surface area contributed by atoms with Gasteiger partial charge >= 0.3 is 5.97 Å². The van der Waals surface area contributed by atoms with Crippen LogP contribution >= 0.6 is 11.6 Å². The number of rotatable bonds is 4. The van der Waals surface area contributed by atoms with Crippen molar-refractivity contribution in [2.45, 2.75) is 6.54 Å². The number of nitrogens with zero attached hydrogens (tertiary/aromatic N) is 2. The van der Waals surface area contributed by atoms with Gasteiger partial charge in [0.05, 0.1) is 24.6 Å². The van der Waals surface area contributed by atoms with Crippen LogP contribution in [0.5, 0.6) is 5.75 Å². The Morgan fingerprint density at radius 2 is 2.24 bits per heavy atom. The molecule has 0 saturated carbocycles. The number of carbonyl (C=O) groups excluding carboxylic acids is 2. The van der Waals surface area contributed by atoms with Gasteiger partial charge in [-0.05, 0) is 18.2 Å². The van der Waals surface area contributed by atoms with Crippen LogP contribution in [-0.2, 0) is 16.1 Å². The minimum Gasteiger partial charge on any atom is -0.507 e. The Bertz CT molecular complexity index is 684. The van der Waals surface area contributed by atoms with Crippen LogP contribution in [0.25, 0.3) is 0 Å². The van der Waals surface area contributed by atoms with Crippen molar-refractivity contribution in [2.24, 2.45) is 0 Å². The Hall–Kier alpha value is -2.54. The third kappa shape index (κ3) is 3.73. The molecule has 0 spiro atoms. The average Bonchev–Trinajstić information content (AvgIpc) is 2.85. The zero-order valence-corrected chi connectivity index (χ0v) is 11.8. The van der Waals surface area contributed by atoms with E-state index in [1.54, 1.807) is 0 Å². The summed E-state index contributed by atoms with van der Waals surface area (Å²) in [6.07, 6.45) is 2.86. The van der Waals surface area contributed by atoms with Gasteiger partial charge in [-0.1, -0.05) is 11.6 Å². The Labute approximate surface area is 125 Å². The summed E-state index contributed by atoms with van der Waals surface area (Å²) in [4.78, 5) is 23.1. The fraction of sp³-hybridized carbons (Fsp3) is 0.154. The van der Waals surface area contributed by atoms with E-state index in [1.807, 2.05) is 0 Å². The summed E-state index contributed by atoms with van der Waals surface area (Å²) in [5, 5.41) is 16.5. The van der Waals surface area contributed by atoms with Gasteiger partial charge in [0.2, 0.25) is 0 Å². The van der Waals surface area contributed by atoms with E-state index in [0.717, 1.165) is 0 Å². The van der Waals surface area contributed by atoms with E-state index in [4.69, 9.17) is 11.6 Å². The molecule has 0 atom stereocenters. The normalized spacial score (nSPS) is 10.2. The fourth-order valence-electron chi connectivity index (χ4n) is 1.61.